The molecule has 0 saturated heterocycles. The van der Waals surface area contributed by atoms with E-state index in [2.05, 4.69) is 43.0 Å². The first-order valence-corrected chi connectivity index (χ1v) is 7.49. The molecule has 0 amide bonds. The summed E-state index contributed by atoms with van der Waals surface area (Å²) in [6.07, 6.45) is 1.63. The van der Waals surface area contributed by atoms with Crippen LogP contribution in [-0.2, 0) is 0 Å². The Morgan fingerprint density at radius 3 is 2.79 bits per heavy atom. The molecule has 2 aromatic heterocycles. The van der Waals surface area contributed by atoms with Gasteiger partial charge in [0.15, 0.2) is 0 Å². The Labute approximate surface area is 93.8 Å². The van der Waals surface area contributed by atoms with Crippen LogP contribution in [0.2, 0.25) is 3.43 Å². The summed E-state index contributed by atoms with van der Waals surface area (Å²) in [5.41, 5.74) is 0.965. The number of hydrogen-bond donors (Lipinski definition) is 0. The van der Waals surface area contributed by atoms with Crippen molar-refractivity contribution in [3.05, 3.63) is 24.5 Å². The van der Waals surface area contributed by atoms with Crippen LogP contribution in [0.4, 0.5) is 0 Å². The molecule has 3 nitrogen and oxygen atoms in total. The zero-order chi connectivity index (χ0) is 10.2. The van der Waals surface area contributed by atoms with Gasteiger partial charge in [0, 0.05) is 0 Å². The van der Waals surface area contributed by atoms with Gasteiger partial charge in [-0.3, -0.25) is 0 Å². The van der Waals surface area contributed by atoms with Gasteiger partial charge in [-0.1, -0.05) is 0 Å². The fourth-order valence-electron chi connectivity index (χ4n) is 1.32. The molecule has 72 valence electrons. The van der Waals surface area contributed by atoms with Crippen LogP contribution in [0.25, 0.3) is 5.65 Å². The Morgan fingerprint density at radius 1 is 1.29 bits per heavy atom. The second-order valence-electron chi connectivity index (χ2n) is 4.32. The van der Waals surface area contributed by atoms with Crippen molar-refractivity contribution in [3.8, 4) is 0 Å². The summed E-state index contributed by atoms with van der Waals surface area (Å²) in [6.45, 7) is 6.90. The van der Waals surface area contributed by atoms with Crippen LogP contribution >= 0.6 is 0 Å². The molecular formula is C10H13N3Sn. The summed E-state index contributed by atoms with van der Waals surface area (Å²) >= 11 is -0.599. The first kappa shape index (κ1) is 9.95. The number of rotatable bonds is 1. The minimum atomic E-state index is -0.599. The summed E-state index contributed by atoms with van der Waals surface area (Å²) in [5, 5.41) is 4.25. The molecule has 0 saturated carbocycles. The van der Waals surface area contributed by atoms with Crippen LogP contribution in [0.1, 0.15) is 20.8 Å². The Hall–Kier alpha value is -0.581. The Morgan fingerprint density at radius 2 is 2.07 bits per heavy atom. The second-order valence-corrected chi connectivity index (χ2v) is 10.8. The van der Waals surface area contributed by atoms with Gasteiger partial charge in [0.1, 0.15) is 0 Å². The summed E-state index contributed by atoms with van der Waals surface area (Å²) < 4.78 is 3.82. The predicted molar refractivity (Wildman–Crippen MR) is 58.1 cm³/mol. The third-order valence-electron chi connectivity index (χ3n) is 1.80. The van der Waals surface area contributed by atoms with Gasteiger partial charge in [0.2, 0.25) is 0 Å². The Bertz CT molecular complexity index is 442. The minimum absolute atomic E-state index is 0.448. The molecule has 0 aliphatic carbocycles. The standard InChI is InChI=1S/C6H4N3.C4H9.Sn/c1-2-4-9-6(3-1)7-5-8-9;1-4(2)3;/h1-3,5H;1-3H3;. The van der Waals surface area contributed by atoms with Gasteiger partial charge in [-0.15, -0.1) is 0 Å². The summed E-state index contributed by atoms with van der Waals surface area (Å²) in [5.74, 6) is 0. The summed E-state index contributed by atoms with van der Waals surface area (Å²) in [6, 6.07) is 6.25. The maximum absolute atomic E-state index is 4.25. The molecule has 2 radical (unpaired) electrons. The Balaban J connectivity index is 2.46. The predicted octanol–water partition coefficient (Wildman–Crippen LogP) is 1.28. The van der Waals surface area contributed by atoms with Crippen molar-refractivity contribution in [1.29, 1.82) is 0 Å². The van der Waals surface area contributed by atoms with Crippen LogP contribution in [-0.4, -0.2) is 35.7 Å². The van der Waals surface area contributed by atoms with Crippen molar-refractivity contribution >= 4 is 30.5 Å². The molecule has 0 aliphatic heterocycles. The van der Waals surface area contributed by atoms with Gasteiger partial charge in [0.25, 0.3) is 0 Å². The number of fused-ring (bicyclic) bond motifs is 1. The molecule has 0 aromatic carbocycles. The maximum atomic E-state index is 4.25. The van der Waals surface area contributed by atoms with E-state index in [1.807, 2.05) is 10.6 Å². The molecule has 0 aliphatic rings. The van der Waals surface area contributed by atoms with Crippen LogP contribution in [0, 0.1) is 0 Å². The van der Waals surface area contributed by atoms with E-state index in [-0.39, 0.29) is 0 Å². The number of pyridine rings is 1. The van der Waals surface area contributed by atoms with Crippen molar-refractivity contribution in [3.63, 3.8) is 0 Å². The quantitative estimate of drug-likeness (QED) is 0.742. The van der Waals surface area contributed by atoms with Crippen LogP contribution in [0.15, 0.2) is 24.5 Å². The first-order valence-electron chi connectivity index (χ1n) is 4.63. The topological polar surface area (TPSA) is 30.2 Å². The zero-order valence-corrected chi connectivity index (χ0v) is 11.5. The van der Waals surface area contributed by atoms with Crippen molar-refractivity contribution in [2.45, 2.75) is 24.2 Å². The third kappa shape index (κ3) is 2.08. The third-order valence-corrected chi connectivity index (χ3v) is 5.76. The average Bonchev–Trinajstić information content (AvgIpc) is 2.49. The first-order chi connectivity index (χ1) is 6.56. The summed E-state index contributed by atoms with van der Waals surface area (Å²) in [4.78, 5) is 4.19. The van der Waals surface area contributed by atoms with E-state index in [9.17, 15) is 0 Å². The van der Waals surface area contributed by atoms with Gasteiger partial charge >= 0.3 is 93.8 Å². The van der Waals surface area contributed by atoms with Crippen molar-refractivity contribution in [1.82, 2.24) is 14.6 Å². The van der Waals surface area contributed by atoms with Crippen LogP contribution < -0.4 is 3.71 Å². The van der Waals surface area contributed by atoms with Crippen molar-refractivity contribution in [2.75, 3.05) is 0 Å². The van der Waals surface area contributed by atoms with Crippen LogP contribution in [0.5, 0.6) is 0 Å². The van der Waals surface area contributed by atoms with E-state index < -0.39 is 21.1 Å². The second kappa shape index (κ2) is 3.53. The molecule has 2 heterocycles. The normalized spacial score (nSPS) is 12.2. The van der Waals surface area contributed by atoms with Gasteiger partial charge in [0.05, 0.1) is 0 Å². The van der Waals surface area contributed by atoms with Gasteiger partial charge in [-0.25, -0.2) is 0 Å². The number of nitrogens with zero attached hydrogens (tertiary/aromatic N) is 3. The van der Waals surface area contributed by atoms with Gasteiger partial charge < -0.3 is 0 Å². The van der Waals surface area contributed by atoms with E-state index in [1.165, 1.54) is 3.71 Å². The van der Waals surface area contributed by atoms with E-state index >= 15 is 0 Å². The van der Waals surface area contributed by atoms with Gasteiger partial charge in [-0.05, 0) is 0 Å². The number of aromatic nitrogens is 3. The molecule has 2 aromatic rings. The Kier molecular flexibility index (Phi) is 2.51. The van der Waals surface area contributed by atoms with E-state index in [1.54, 1.807) is 6.33 Å². The molecule has 0 unspecified atom stereocenters. The van der Waals surface area contributed by atoms with Gasteiger partial charge in [-0.2, -0.15) is 0 Å². The van der Waals surface area contributed by atoms with E-state index in [0.717, 1.165) is 5.65 Å². The van der Waals surface area contributed by atoms with E-state index in [0.29, 0.717) is 3.43 Å². The average molecular weight is 294 g/mol. The molecular weight excluding hydrogens is 281 g/mol. The molecule has 0 spiro atoms. The molecule has 4 heteroatoms. The molecule has 14 heavy (non-hydrogen) atoms. The van der Waals surface area contributed by atoms with E-state index in [4.69, 9.17) is 0 Å². The SMILES string of the molecule is C[C](C)(C)[Sn][c]1cccc2ncnn12. The summed E-state index contributed by atoms with van der Waals surface area (Å²) in [7, 11) is 0. The molecule has 0 fully saturated rings. The molecule has 2 rings (SSSR count). The molecule has 0 N–H and O–H groups in total. The monoisotopic (exact) mass is 295 g/mol. The molecule has 0 atom stereocenters. The fourth-order valence-corrected chi connectivity index (χ4v) is 4.82. The zero-order valence-electron chi connectivity index (χ0n) is 8.65. The van der Waals surface area contributed by atoms with Crippen molar-refractivity contribution < 1.29 is 0 Å². The molecule has 0 bridgehead atoms. The van der Waals surface area contributed by atoms with Crippen molar-refractivity contribution in [2.24, 2.45) is 0 Å². The number of hydrogen-bond acceptors (Lipinski definition) is 2. The fraction of sp³-hybridized carbons (Fsp3) is 0.400. The van der Waals surface area contributed by atoms with Crippen LogP contribution in [0.3, 0.4) is 0 Å².